The van der Waals surface area contributed by atoms with Crippen molar-refractivity contribution in [3.63, 3.8) is 0 Å². The number of carboxylic acid groups (broad SMARTS) is 1. The van der Waals surface area contributed by atoms with Crippen molar-refractivity contribution in [2.75, 3.05) is 19.0 Å². The van der Waals surface area contributed by atoms with E-state index in [1.807, 2.05) is 48.5 Å². The second-order valence-electron chi connectivity index (χ2n) is 7.40. The molecule has 6 nitrogen and oxygen atoms in total. The van der Waals surface area contributed by atoms with Gasteiger partial charge in [-0.2, -0.15) is 9.97 Å². The van der Waals surface area contributed by atoms with E-state index in [1.165, 1.54) is 7.11 Å². The van der Waals surface area contributed by atoms with E-state index in [0.29, 0.717) is 23.6 Å². The first-order chi connectivity index (χ1) is 14.3. The van der Waals surface area contributed by atoms with Crippen LogP contribution in [0.2, 0.25) is 5.02 Å². The number of benzene rings is 2. The van der Waals surface area contributed by atoms with Gasteiger partial charge in [-0.1, -0.05) is 48.0 Å². The maximum atomic E-state index is 11.6. The van der Waals surface area contributed by atoms with Gasteiger partial charge in [0.1, 0.15) is 5.82 Å². The number of methoxy groups -OCH3 is 1. The molecule has 0 unspecified atom stereocenters. The number of halogens is 1. The Morgan fingerprint density at radius 1 is 1.13 bits per heavy atom. The number of anilines is 1. The highest BCUT2D eigenvalue weighted by Crippen LogP contribution is 2.29. The Labute approximate surface area is 180 Å². The molecule has 1 heterocycles. The summed E-state index contributed by atoms with van der Waals surface area (Å²) in [5.41, 5.74) is 2.17. The van der Waals surface area contributed by atoms with Gasteiger partial charge in [0.2, 0.25) is 0 Å². The highest BCUT2D eigenvalue weighted by atomic mass is 35.5. The van der Waals surface area contributed by atoms with Crippen LogP contribution in [0.3, 0.4) is 0 Å². The largest absolute Gasteiger partial charge is 0.481 e. The van der Waals surface area contributed by atoms with Gasteiger partial charge in [-0.15, -0.1) is 0 Å². The number of hydrogen-bond donors (Lipinski definition) is 2. The number of aromatic nitrogens is 2. The summed E-state index contributed by atoms with van der Waals surface area (Å²) in [4.78, 5) is 20.4. The van der Waals surface area contributed by atoms with Crippen molar-refractivity contribution in [1.82, 2.24) is 9.97 Å². The summed E-state index contributed by atoms with van der Waals surface area (Å²) in [5, 5.41) is 13.5. The SMILES string of the molecule is COc1nc(NCCc2ccccc2Cl)cc(-c2cccc(C(C)(C)C(=O)O)c2)n1. The molecule has 0 saturated heterocycles. The quantitative estimate of drug-likeness (QED) is 0.538. The summed E-state index contributed by atoms with van der Waals surface area (Å²) in [7, 11) is 1.51. The van der Waals surface area contributed by atoms with Gasteiger partial charge < -0.3 is 15.2 Å². The Kier molecular flexibility index (Phi) is 6.57. The molecule has 0 spiro atoms. The zero-order valence-corrected chi connectivity index (χ0v) is 17.9. The summed E-state index contributed by atoms with van der Waals surface area (Å²) in [6.45, 7) is 3.99. The lowest BCUT2D eigenvalue weighted by atomic mass is 9.84. The van der Waals surface area contributed by atoms with Gasteiger partial charge in [0, 0.05) is 23.2 Å². The highest BCUT2D eigenvalue weighted by molar-refractivity contribution is 6.31. The zero-order valence-electron chi connectivity index (χ0n) is 17.1. The molecule has 0 atom stereocenters. The predicted molar refractivity (Wildman–Crippen MR) is 118 cm³/mol. The summed E-state index contributed by atoms with van der Waals surface area (Å²) in [6, 6.07) is 17.1. The molecule has 2 N–H and O–H groups in total. The van der Waals surface area contributed by atoms with Crippen molar-refractivity contribution in [2.24, 2.45) is 0 Å². The number of nitrogens with zero attached hydrogens (tertiary/aromatic N) is 2. The number of aliphatic carboxylic acids is 1. The molecule has 3 rings (SSSR count). The number of hydrogen-bond acceptors (Lipinski definition) is 5. The average Bonchev–Trinajstić information content (AvgIpc) is 2.75. The number of ether oxygens (including phenoxy) is 1. The average molecular weight is 426 g/mol. The van der Waals surface area contributed by atoms with E-state index in [1.54, 1.807) is 19.9 Å². The molecule has 3 aromatic rings. The molecule has 0 saturated carbocycles. The lowest BCUT2D eigenvalue weighted by Gasteiger charge is -2.20. The normalized spacial score (nSPS) is 11.2. The van der Waals surface area contributed by atoms with Crippen LogP contribution in [-0.4, -0.2) is 34.7 Å². The number of nitrogens with one attached hydrogen (secondary N) is 1. The first-order valence-corrected chi connectivity index (χ1v) is 9.93. The first kappa shape index (κ1) is 21.6. The van der Waals surface area contributed by atoms with Crippen molar-refractivity contribution in [3.8, 4) is 17.3 Å². The van der Waals surface area contributed by atoms with E-state index in [4.69, 9.17) is 16.3 Å². The predicted octanol–water partition coefficient (Wildman–Crippen LogP) is 4.82. The van der Waals surface area contributed by atoms with Crippen molar-refractivity contribution >= 4 is 23.4 Å². The van der Waals surface area contributed by atoms with Gasteiger partial charge in [0.15, 0.2) is 0 Å². The van der Waals surface area contributed by atoms with Crippen molar-refractivity contribution < 1.29 is 14.6 Å². The highest BCUT2D eigenvalue weighted by Gasteiger charge is 2.29. The molecule has 156 valence electrons. The van der Waals surface area contributed by atoms with Crippen LogP contribution < -0.4 is 10.1 Å². The molecule has 1 aromatic heterocycles. The number of carboxylic acids is 1. The molecule has 2 aromatic carbocycles. The van der Waals surface area contributed by atoms with E-state index in [0.717, 1.165) is 22.6 Å². The smallest absolute Gasteiger partial charge is 0.318 e. The standard InChI is InChI=1S/C23H24ClN3O3/c1-23(2,21(28)29)17-9-6-8-16(13-17)19-14-20(27-22(26-19)30-3)25-12-11-15-7-4-5-10-18(15)24/h4-10,13-14H,11-12H2,1-3H3,(H,28,29)(H,25,26,27). The minimum Gasteiger partial charge on any atom is -0.481 e. The number of rotatable bonds is 8. The molecule has 0 fully saturated rings. The molecular weight excluding hydrogens is 402 g/mol. The third kappa shape index (κ3) is 4.89. The van der Waals surface area contributed by atoms with Crippen LogP contribution in [0, 0.1) is 0 Å². The minimum absolute atomic E-state index is 0.232. The van der Waals surface area contributed by atoms with Gasteiger partial charge in [0.05, 0.1) is 18.2 Å². The summed E-state index contributed by atoms with van der Waals surface area (Å²) >= 11 is 6.22. The van der Waals surface area contributed by atoms with E-state index in [9.17, 15) is 9.90 Å². The Morgan fingerprint density at radius 2 is 1.90 bits per heavy atom. The molecule has 30 heavy (non-hydrogen) atoms. The van der Waals surface area contributed by atoms with Crippen LogP contribution in [0.4, 0.5) is 5.82 Å². The molecule has 0 aliphatic rings. The Hall–Kier alpha value is -3.12. The van der Waals surface area contributed by atoms with Crippen molar-refractivity contribution in [1.29, 1.82) is 0 Å². The van der Waals surface area contributed by atoms with E-state index < -0.39 is 11.4 Å². The fraction of sp³-hybridized carbons (Fsp3) is 0.261. The third-order valence-electron chi connectivity index (χ3n) is 4.96. The maximum absolute atomic E-state index is 11.6. The molecule has 0 bridgehead atoms. The fourth-order valence-electron chi connectivity index (χ4n) is 2.97. The summed E-state index contributed by atoms with van der Waals surface area (Å²) < 4.78 is 5.26. The molecule has 7 heteroatoms. The van der Waals surface area contributed by atoms with Gasteiger partial charge in [-0.25, -0.2) is 0 Å². The van der Waals surface area contributed by atoms with Gasteiger partial charge >= 0.3 is 12.0 Å². The van der Waals surface area contributed by atoms with E-state index in [2.05, 4.69) is 15.3 Å². The molecule has 0 radical (unpaired) electrons. The van der Waals surface area contributed by atoms with Crippen LogP contribution in [-0.2, 0) is 16.6 Å². The third-order valence-corrected chi connectivity index (χ3v) is 5.33. The maximum Gasteiger partial charge on any atom is 0.318 e. The Balaban J connectivity index is 1.84. The monoisotopic (exact) mass is 425 g/mol. The second kappa shape index (κ2) is 9.13. The molecular formula is C23H24ClN3O3. The van der Waals surface area contributed by atoms with Crippen LogP contribution in [0.15, 0.2) is 54.6 Å². The van der Waals surface area contributed by atoms with Crippen LogP contribution in [0.25, 0.3) is 11.3 Å². The summed E-state index contributed by atoms with van der Waals surface area (Å²) in [5.74, 6) is -0.270. The zero-order chi connectivity index (χ0) is 21.7. The summed E-state index contributed by atoms with van der Waals surface area (Å²) in [6.07, 6.45) is 0.740. The first-order valence-electron chi connectivity index (χ1n) is 9.56. The molecule has 0 amide bonds. The van der Waals surface area contributed by atoms with Crippen LogP contribution in [0.5, 0.6) is 6.01 Å². The van der Waals surface area contributed by atoms with Gasteiger partial charge in [-0.3, -0.25) is 4.79 Å². The lowest BCUT2D eigenvalue weighted by Crippen LogP contribution is -2.28. The van der Waals surface area contributed by atoms with E-state index >= 15 is 0 Å². The fourth-order valence-corrected chi connectivity index (χ4v) is 3.20. The van der Waals surface area contributed by atoms with Crippen LogP contribution >= 0.6 is 11.6 Å². The van der Waals surface area contributed by atoms with Crippen molar-refractivity contribution in [2.45, 2.75) is 25.7 Å². The molecule has 0 aliphatic heterocycles. The van der Waals surface area contributed by atoms with E-state index in [-0.39, 0.29) is 6.01 Å². The van der Waals surface area contributed by atoms with Gasteiger partial charge in [0.25, 0.3) is 0 Å². The molecule has 0 aliphatic carbocycles. The van der Waals surface area contributed by atoms with Gasteiger partial charge in [-0.05, 0) is 43.5 Å². The topological polar surface area (TPSA) is 84.3 Å². The Morgan fingerprint density at radius 3 is 2.60 bits per heavy atom. The second-order valence-corrected chi connectivity index (χ2v) is 7.81. The Bertz CT molecular complexity index is 1050. The minimum atomic E-state index is -1.01. The van der Waals surface area contributed by atoms with Crippen molar-refractivity contribution in [3.05, 3.63) is 70.7 Å². The van der Waals surface area contributed by atoms with Crippen LogP contribution in [0.1, 0.15) is 25.0 Å². The number of carbonyl (C=O) groups is 1. The lowest BCUT2D eigenvalue weighted by molar-refractivity contribution is -0.142.